The second-order valence-corrected chi connectivity index (χ2v) is 2.92. The highest BCUT2D eigenvalue weighted by atomic mass is 35.5. The van der Waals surface area contributed by atoms with Crippen LogP contribution >= 0.6 is 11.6 Å². The molecular formula is C11H12ClNO2. The van der Waals surface area contributed by atoms with E-state index in [1.54, 1.807) is 19.4 Å². The van der Waals surface area contributed by atoms with E-state index in [9.17, 15) is 0 Å². The molecule has 0 aliphatic carbocycles. The Morgan fingerprint density at radius 3 is 2.67 bits per heavy atom. The van der Waals surface area contributed by atoms with Crippen molar-refractivity contribution in [3.63, 3.8) is 0 Å². The number of benzene rings is 1. The third-order valence-electron chi connectivity index (χ3n) is 1.65. The van der Waals surface area contributed by atoms with Gasteiger partial charge in [0.2, 0.25) is 0 Å². The first kappa shape index (κ1) is 11.6. The molecule has 0 aliphatic rings. The Morgan fingerprint density at radius 2 is 2.07 bits per heavy atom. The monoisotopic (exact) mass is 225 g/mol. The Kier molecular flexibility index (Phi) is 5.33. The van der Waals surface area contributed by atoms with Crippen LogP contribution in [0.15, 0.2) is 41.0 Å². The van der Waals surface area contributed by atoms with E-state index in [0.29, 0.717) is 6.61 Å². The summed E-state index contributed by atoms with van der Waals surface area (Å²) in [4.78, 5) is 4.90. The number of hydrogen-bond acceptors (Lipinski definition) is 3. The minimum absolute atomic E-state index is 0.371. The predicted molar refractivity (Wildman–Crippen MR) is 61.5 cm³/mol. The van der Waals surface area contributed by atoms with E-state index < -0.39 is 0 Å². The van der Waals surface area contributed by atoms with Crippen molar-refractivity contribution in [3.05, 3.63) is 41.4 Å². The lowest BCUT2D eigenvalue weighted by Crippen LogP contribution is -1.86. The van der Waals surface area contributed by atoms with E-state index in [1.165, 1.54) is 5.54 Å². The van der Waals surface area contributed by atoms with Crippen LogP contribution in [-0.4, -0.2) is 19.9 Å². The molecule has 0 fully saturated rings. The first-order valence-corrected chi connectivity index (χ1v) is 4.85. The van der Waals surface area contributed by atoms with Gasteiger partial charge in [-0.3, -0.25) is 0 Å². The first-order chi connectivity index (χ1) is 7.36. The lowest BCUT2D eigenvalue weighted by molar-refractivity contribution is 0.176. The standard InChI is InChI=1S/C11H12ClNO2/c1-14-11-5-3-10(4-6-11)9-13-15-8-2-7-12/h2-7,9H,8H2,1H3. The zero-order valence-corrected chi connectivity index (χ0v) is 9.15. The summed E-state index contributed by atoms with van der Waals surface area (Å²) in [6, 6.07) is 7.51. The molecule has 0 saturated carbocycles. The predicted octanol–water partition coefficient (Wildman–Crippen LogP) is 2.80. The molecular weight excluding hydrogens is 214 g/mol. The molecule has 0 spiro atoms. The highest BCUT2D eigenvalue weighted by Gasteiger charge is 1.90. The van der Waals surface area contributed by atoms with Crippen molar-refractivity contribution >= 4 is 17.8 Å². The van der Waals surface area contributed by atoms with Crippen LogP contribution in [0.3, 0.4) is 0 Å². The van der Waals surface area contributed by atoms with Crippen molar-refractivity contribution in [1.29, 1.82) is 0 Å². The van der Waals surface area contributed by atoms with Gasteiger partial charge in [0.05, 0.1) is 13.3 Å². The summed E-state index contributed by atoms with van der Waals surface area (Å²) in [6.07, 6.45) is 3.29. The molecule has 1 aromatic carbocycles. The minimum atomic E-state index is 0.371. The molecule has 0 bridgehead atoms. The molecule has 0 unspecified atom stereocenters. The molecule has 0 radical (unpaired) electrons. The zero-order chi connectivity index (χ0) is 10.9. The lowest BCUT2D eigenvalue weighted by Gasteiger charge is -1.98. The van der Waals surface area contributed by atoms with Crippen LogP contribution in [0.5, 0.6) is 5.75 Å². The molecule has 0 amide bonds. The molecule has 1 rings (SSSR count). The maximum absolute atomic E-state index is 5.30. The Morgan fingerprint density at radius 1 is 1.33 bits per heavy atom. The van der Waals surface area contributed by atoms with Crippen molar-refractivity contribution < 1.29 is 9.57 Å². The minimum Gasteiger partial charge on any atom is -0.497 e. The number of methoxy groups -OCH3 is 1. The molecule has 15 heavy (non-hydrogen) atoms. The quantitative estimate of drug-likeness (QED) is 0.438. The summed E-state index contributed by atoms with van der Waals surface area (Å²) in [5.74, 6) is 0.818. The van der Waals surface area contributed by atoms with Gasteiger partial charge in [0.15, 0.2) is 0 Å². The van der Waals surface area contributed by atoms with E-state index >= 15 is 0 Å². The molecule has 0 aromatic heterocycles. The van der Waals surface area contributed by atoms with Crippen LogP contribution < -0.4 is 4.74 Å². The summed E-state index contributed by atoms with van der Waals surface area (Å²) in [5.41, 5.74) is 2.34. The summed E-state index contributed by atoms with van der Waals surface area (Å²) >= 11 is 5.30. The zero-order valence-electron chi connectivity index (χ0n) is 8.39. The largest absolute Gasteiger partial charge is 0.497 e. The molecule has 1 aromatic rings. The SMILES string of the molecule is COc1ccc(C=NOCC=CCl)cc1. The Bertz CT molecular complexity index is 333. The average molecular weight is 226 g/mol. The highest BCUT2D eigenvalue weighted by Crippen LogP contribution is 2.09. The summed E-state index contributed by atoms with van der Waals surface area (Å²) in [7, 11) is 1.63. The first-order valence-electron chi connectivity index (χ1n) is 4.41. The van der Waals surface area contributed by atoms with Crippen LogP contribution in [0, 0.1) is 0 Å². The molecule has 0 aliphatic heterocycles. The smallest absolute Gasteiger partial charge is 0.136 e. The summed E-state index contributed by atoms with van der Waals surface area (Å²) in [5, 5.41) is 3.76. The molecule has 0 atom stereocenters. The fourth-order valence-electron chi connectivity index (χ4n) is 0.911. The van der Waals surface area contributed by atoms with Crippen molar-refractivity contribution in [2.75, 3.05) is 13.7 Å². The van der Waals surface area contributed by atoms with Crippen LogP contribution in [0.1, 0.15) is 5.56 Å². The Hall–Kier alpha value is -1.48. The van der Waals surface area contributed by atoms with Gasteiger partial charge in [-0.1, -0.05) is 16.8 Å². The molecule has 0 saturated heterocycles. The molecule has 3 nitrogen and oxygen atoms in total. The van der Waals surface area contributed by atoms with E-state index in [1.807, 2.05) is 24.3 Å². The van der Waals surface area contributed by atoms with Gasteiger partial charge in [0.1, 0.15) is 12.4 Å². The van der Waals surface area contributed by atoms with Crippen LogP contribution in [0.4, 0.5) is 0 Å². The maximum Gasteiger partial charge on any atom is 0.136 e. The Balaban J connectivity index is 2.42. The molecule has 0 N–H and O–H groups in total. The Labute approximate surface area is 93.9 Å². The third-order valence-corrected chi connectivity index (χ3v) is 1.83. The van der Waals surface area contributed by atoms with Crippen molar-refractivity contribution in [1.82, 2.24) is 0 Å². The van der Waals surface area contributed by atoms with Gasteiger partial charge in [0, 0.05) is 5.54 Å². The normalized spacial score (nSPS) is 11.1. The summed E-state index contributed by atoms with van der Waals surface area (Å²) in [6.45, 7) is 0.371. The highest BCUT2D eigenvalue weighted by molar-refractivity contribution is 6.25. The van der Waals surface area contributed by atoms with E-state index in [-0.39, 0.29) is 0 Å². The van der Waals surface area contributed by atoms with Gasteiger partial charge >= 0.3 is 0 Å². The van der Waals surface area contributed by atoms with Gasteiger partial charge in [0.25, 0.3) is 0 Å². The van der Waals surface area contributed by atoms with Gasteiger partial charge in [-0.15, -0.1) is 0 Å². The lowest BCUT2D eigenvalue weighted by atomic mass is 10.2. The topological polar surface area (TPSA) is 30.8 Å². The number of oxime groups is 1. The third kappa shape index (κ3) is 4.51. The van der Waals surface area contributed by atoms with Crippen molar-refractivity contribution in [3.8, 4) is 5.75 Å². The second-order valence-electron chi connectivity index (χ2n) is 2.67. The van der Waals surface area contributed by atoms with Crippen molar-refractivity contribution in [2.45, 2.75) is 0 Å². The van der Waals surface area contributed by atoms with Crippen LogP contribution in [0.2, 0.25) is 0 Å². The summed E-state index contributed by atoms with van der Waals surface area (Å²) < 4.78 is 5.03. The van der Waals surface area contributed by atoms with E-state index in [4.69, 9.17) is 21.2 Å². The average Bonchev–Trinajstić information content (AvgIpc) is 2.30. The van der Waals surface area contributed by atoms with E-state index in [2.05, 4.69) is 5.16 Å². The molecule has 80 valence electrons. The molecule has 4 heteroatoms. The van der Waals surface area contributed by atoms with E-state index in [0.717, 1.165) is 11.3 Å². The van der Waals surface area contributed by atoms with Gasteiger partial charge in [-0.05, 0) is 35.9 Å². The fraction of sp³-hybridized carbons (Fsp3) is 0.182. The number of nitrogens with zero attached hydrogens (tertiary/aromatic N) is 1. The second kappa shape index (κ2) is 6.90. The van der Waals surface area contributed by atoms with Crippen LogP contribution in [-0.2, 0) is 4.84 Å². The van der Waals surface area contributed by atoms with Gasteiger partial charge in [-0.2, -0.15) is 0 Å². The molecule has 0 heterocycles. The number of rotatable bonds is 5. The maximum atomic E-state index is 5.30. The number of ether oxygens (including phenoxy) is 1. The fourth-order valence-corrected chi connectivity index (χ4v) is 0.983. The van der Waals surface area contributed by atoms with Crippen LogP contribution in [0.25, 0.3) is 0 Å². The number of halogens is 1. The van der Waals surface area contributed by atoms with Gasteiger partial charge in [-0.25, -0.2) is 0 Å². The van der Waals surface area contributed by atoms with Crippen molar-refractivity contribution in [2.24, 2.45) is 5.16 Å². The number of hydrogen-bond donors (Lipinski definition) is 0. The van der Waals surface area contributed by atoms with Gasteiger partial charge < -0.3 is 9.57 Å².